The van der Waals surface area contributed by atoms with E-state index in [-0.39, 0.29) is 6.61 Å². The molecule has 0 aromatic rings. The topological polar surface area (TPSA) is 46.5 Å². The number of ether oxygens (including phenoxy) is 1. The molecule has 0 saturated carbocycles. The lowest BCUT2D eigenvalue weighted by atomic mass is 10.2. The van der Waals surface area contributed by atoms with Crippen molar-refractivity contribution < 1.29 is 14.6 Å². The van der Waals surface area contributed by atoms with E-state index in [0.29, 0.717) is 6.61 Å². The normalized spacial score (nSPS) is 11.4. The molecule has 78 valence electrons. The van der Waals surface area contributed by atoms with Crippen LogP contribution in [0.5, 0.6) is 0 Å². The van der Waals surface area contributed by atoms with Crippen molar-refractivity contribution in [2.24, 2.45) is 0 Å². The van der Waals surface area contributed by atoms with Crippen LogP contribution in [-0.2, 0) is 9.53 Å². The molecule has 0 spiro atoms. The Kier molecular flexibility index (Phi) is 6.08. The van der Waals surface area contributed by atoms with Gasteiger partial charge in [0.15, 0.2) is 0 Å². The second-order valence-electron chi connectivity index (χ2n) is 3.39. The number of halogens is 1. The van der Waals surface area contributed by atoms with Crippen molar-refractivity contribution in [1.29, 1.82) is 0 Å². The first-order valence-corrected chi connectivity index (χ1v) is 4.83. The van der Waals surface area contributed by atoms with Gasteiger partial charge in [0.05, 0.1) is 6.61 Å². The van der Waals surface area contributed by atoms with E-state index in [0.717, 1.165) is 19.3 Å². The van der Waals surface area contributed by atoms with Gasteiger partial charge < -0.3 is 9.84 Å². The summed E-state index contributed by atoms with van der Waals surface area (Å²) >= 11 is 5.71. The number of esters is 1. The summed E-state index contributed by atoms with van der Waals surface area (Å²) < 4.78 is 4.90. The minimum absolute atomic E-state index is 0.189. The molecular weight excluding hydrogens is 192 g/mol. The van der Waals surface area contributed by atoms with Crippen LogP contribution in [0.25, 0.3) is 0 Å². The Morgan fingerprint density at radius 1 is 1.38 bits per heavy atom. The maximum absolute atomic E-state index is 11.1. The molecule has 4 heteroatoms. The van der Waals surface area contributed by atoms with Crippen molar-refractivity contribution in [2.75, 3.05) is 13.2 Å². The van der Waals surface area contributed by atoms with Crippen molar-refractivity contribution in [3.63, 3.8) is 0 Å². The molecule has 0 unspecified atom stereocenters. The van der Waals surface area contributed by atoms with Gasteiger partial charge in [-0.15, -0.1) is 11.6 Å². The molecule has 0 amide bonds. The van der Waals surface area contributed by atoms with Crippen molar-refractivity contribution in [3.05, 3.63) is 0 Å². The molecule has 0 aromatic carbocycles. The Morgan fingerprint density at radius 2 is 2.00 bits per heavy atom. The largest absolute Gasteiger partial charge is 0.464 e. The second-order valence-corrected chi connectivity index (χ2v) is 4.34. The zero-order valence-electron chi connectivity index (χ0n) is 8.18. The molecule has 0 aliphatic heterocycles. The monoisotopic (exact) mass is 208 g/mol. The summed E-state index contributed by atoms with van der Waals surface area (Å²) in [5, 5.41) is 8.48. The van der Waals surface area contributed by atoms with E-state index in [2.05, 4.69) is 0 Å². The molecule has 0 radical (unpaired) electrons. The van der Waals surface area contributed by atoms with Crippen LogP contribution < -0.4 is 0 Å². The van der Waals surface area contributed by atoms with Crippen LogP contribution >= 0.6 is 11.6 Å². The van der Waals surface area contributed by atoms with Gasteiger partial charge in [0, 0.05) is 6.61 Å². The average Bonchev–Trinajstić information content (AvgIpc) is 2.02. The molecule has 0 bridgehead atoms. The van der Waals surface area contributed by atoms with E-state index < -0.39 is 10.8 Å². The van der Waals surface area contributed by atoms with E-state index >= 15 is 0 Å². The number of rotatable bonds is 6. The van der Waals surface area contributed by atoms with E-state index in [1.54, 1.807) is 13.8 Å². The first kappa shape index (κ1) is 12.7. The third-order valence-electron chi connectivity index (χ3n) is 1.52. The molecule has 0 aromatic heterocycles. The number of aliphatic hydroxyl groups excluding tert-OH is 1. The summed E-state index contributed by atoms with van der Waals surface area (Å²) in [5.74, 6) is -0.391. The predicted molar refractivity (Wildman–Crippen MR) is 51.8 cm³/mol. The molecule has 0 heterocycles. The van der Waals surface area contributed by atoms with Crippen molar-refractivity contribution in [2.45, 2.75) is 38.0 Å². The predicted octanol–water partition coefficient (Wildman–Crippen LogP) is 1.71. The van der Waals surface area contributed by atoms with Gasteiger partial charge in [-0.1, -0.05) is 0 Å². The van der Waals surface area contributed by atoms with Gasteiger partial charge in [-0.05, 0) is 33.1 Å². The SMILES string of the molecule is CC(C)(Cl)C(=O)OCCCCCO. The number of hydrogen-bond donors (Lipinski definition) is 1. The summed E-state index contributed by atoms with van der Waals surface area (Å²) in [5.41, 5.74) is 0. The zero-order chi connectivity index (χ0) is 10.3. The maximum atomic E-state index is 11.1. The van der Waals surface area contributed by atoms with Gasteiger partial charge in [-0.3, -0.25) is 4.79 Å². The molecular formula is C9H17ClO3. The van der Waals surface area contributed by atoms with Crippen molar-refractivity contribution >= 4 is 17.6 Å². The molecule has 0 atom stereocenters. The minimum atomic E-state index is -0.934. The van der Waals surface area contributed by atoms with Crippen LogP contribution in [0.1, 0.15) is 33.1 Å². The third kappa shape index (κ3) is 6.84. The fraction of sp³-hybridized carbons (Fsp3) is 0.889. The highest BCUT2D eigenvalue weighted by molar-refractivity contribution is 6.33. The lowest BCUT2D eigenvalue weighted by molar-refractivity contribution is -0.146. The summed E-state index contributed by atoms with van der Waals surface area (Å²) in [6.07, 6.45) is 2.40. The van der Waals surface area contributed by atoms with Gasteiger partial charge >= 0.3 is 5.97 Å². The van der Waals surface area contributed by atoms with Gasteiger partial charge in [-0.25, -0.2) is 0 Å². The fourth-order valence-corrected chi connectivity index (χ4v) is 0.782. The van der Waals surface area contributed by atoms with E-state index in [4.69, 9.17) is 21.4 Å². The number of hydrogen-bond acceptors (Lipinski definition) is 3. The molecule has 0 fully saturated rings. The van der Waals surface area contributed by atoms with E-state index in [9.17, 15) is 4.79 Å². The van der Waals surface area contributed by atoms with Crippen LogP contribution in [0.4, 0.5) is 0 Å². The van der Waals surface area contributed by atoms with E-state index in [1.807, 2.05) is 0 Å². The van der Waals surface area contributed by atoms with Crippen LogP contribution in [-0.4, -0.2) is 29.2 Å². The molecule has 13 heavy (non-hydrogen) atoms. The van der Waals surface area contributed by atoms with Gasteiger partial charge in [0.25, 0.3) is 0 Å². The lowest BCUT2D eigenvalue weighted by Gasteiger charge is -2.13. The molecule has 0 rings (SSSR count). The third-order valence-corrected chi connectivity index (χ3v) is 1.68. The molecule has 0 aliphatic carbocycles. The number of alkyl halides is 1. The summed E-state index contributed by atoms with van der Waals surface area (Å²) in [6, 6.07) is 0. The minimum Gasteiger partial charge on any atom is -0.464 e. The highest BCUT2D eigenvalue weighted by Crippen LogP contribution is 2.14. The Balaban J connectivity index is 3.38. The summed E-state index contributed by atoms with van der Waals surface area (Å²) in [4.78, 5) is 10.2. The maximum Gasteiger partial charge on any atom is 0.326 e. The highest BCUT2D eigenvalue weighted by Gasteiger charge is 2.25. The quantitative estimate of drug-likeness (QED) is 0.411. The molecule has 1 N–H and O–H groups in total. The van der Waals surface area contributed by atoms with Crippen molar-refractivity contribution in [3.8, 4) is 0 Å². The number of unbranched alkanes of at least 4 members (excludes halogenated alkanes) is 2. The van der Waals surface area contributed by atoms with Gasteiger partial charge in [0.2, 0.25) is 0 Å². The lowest BCUT2D eigenvalue weighted by Crippen LogP contribution is -2.27. The van der Waals surface area contributed by atoms with Crippen LogP contribution in [0, 0.1) is 0 Å². The zero-order valence-corrected chi connectivity index (χ0v) is 8.93. The molecule has 0 saturated heterocycles. The summed E-state index contributed by atoms with van der Waals surface area (Å²) in [7, 11) is 0. The van der Waals surface area contributed by atoms with Crippen LogP contribution in [0.15, 0.2) is 0 Å². The number of aliphatic hydroxyl groups is 1. The van der Waals surface area contributed by atoms with Crippen LogP contribution in [0.2, 0.25) is 0 Å². The first-order valence-electron chi connectivity index (χ1n) is 4.45. The van der Waals surface area contributed by atoms with Gasteiger partial charge in [0.1, 0.15) is 4.87 Å². The average molecular weight is 209 g/mol. The fourth-order valence-electron chi connectivity index (χ4n) is 0.727. The smallest absolute Gasteiger partial charge is 0.326 e. The Hall–Kier alpha value is -0.280. The Morgan fingerprint density at radius 3 is 2.46 bits per heavy atom. The Bertz CT molecular complexity index is 151. The molecule has 0 aliphatic rings. The number of carbonyl (C=O) groups excluding carboxylic acids is 1. The summed E-state index contributed by atoms with van der Waals surface area (Å²) in [6.45, 7) is 3.78. The first-order chi connectivity index (χ1) is 5.98. The highest BCUT2D eigenvalue weighted by atomic mass is 35.5. The van der Waals surface area contributed by atoms with E-state index in [1.165, 1.54) is 0 Å². The standard InChI is InChI=1S/C9H17ClO3/c1-9(2,10)8(12)13-7-5-3-4-6-11/h11H,3-7H2,1-2H3. The van der Waals surface area contributed by atoms with Gasteiger partial charge in [-0.2, -0.15) is 0 Å². The number of carbonyl (C=O) groups is 1. The van der Waals surface area contributed by atoms with Crippen LogP contribution in [0.3, 0.4) is 0 Å². The Labute approximate surface area is 84.0 Å². The van der Waals surface area contributed by atoms with Crippen molar-refractivity contribution in [1.82, 2.24) is 0 Å². The molecule has 3 nitrogen and oxygen atoms in total. The second kappa shape index (κ2) is 6.22.